The fraction of sp³-hybridized carbons (Fsp3) is 0.818. The molecule has 0 fully saturated rings. The molecule has 3 N–H and O–H groups in total. The molecule has 1 unspecified atom stereocenters. The molecule has 6 heteroatoms. The first-order valence-electron chi connectivity index (χ1n) is 5.79. The number of nitrogens with zero attached hydrogens (tertiary/aromatic N) is 2. The molecule has 5 nitrogen and oxygen atoms in total. The van der Waals surface area contributed by atoms with Crippen molar-refractivity contribution in [2.45, 2.75) is 26.2 Å². The second kappa shape index (κ2) is 9.15. The van der Waals surface area contributed by atoms with Gasteiger partial charge in [-0.2, -0.15) is 11.8 Å². The zero-order chi connectivity index (χ0) is 13.3. The molecule has 0 aromatic rings. The molecule has 0 saturated heterocycles. The predicted octanol–water partition coefficient (Wildman–Crippen LogP) is 1.36. The quantitative estimate of drug-likeness (QED) is 0.227. The van der Waals surface area contributed by atoms with Crippen LogP contribution in [0, 0.1) is 5.92 Å². The van der Waals surface area contributed by atoms with Gasteiger partial charge in [-0.3, -0.25) is 4.79 Å². The summed E-state index contributed by atoms with van der Waals surface area (Å²) in [7, 11) is 1.76. The molecule has 1 amide bonds. The van der Waals surface area contributed by atoms with Gasteiger partial charge in [0.1, 0.15) is 0 Å². The van der Waals surface area contributed by atoms with Gasteiger partial charge in [0, 0.05) is 13.6 Å². The number of carbonyl (C=O) groups is 1. The van der Waals surface area contributed by atoms with E-state index < -0.39 is 5.92 Å². The van der Waals surface area contributed by atoms with Gasteiger partial charge >= 0.3 is 0 Å². The van der Waals surface area contributed by atoms with Crippen LogP contribution in [-0.2, 0) is 4.79 Å². The Morgan fingerprint density at radius 1 is 1.59 bits per heavy atom. The van der Waals surface area contributed by atoms with E-state index in [1.165, 1.54) is 0 Å². The Labute approximate surface area is 107 Å². The van der Waals surface area contributed by atoms with Crippen LogP contribution in [0.5, 0.6) is 0 Å². The van der Waals surface area contributed by atoms with Crippen molar-refractivity contribution in [1.82, 2.24) is 4.90 Å². The lowest BCUT2D eigenvalue weighted by molar-refractivity contribution is -0.132. The van der Waals surface area contributed by atoms with Gasteiger partial charge in [0.05, 0.1) is 5.92 Å². The molecule has 0 aromatic carbocycles. The molecular weight excluding hydrogens is 238 g/mol. The van der Waals surface area contributed by atoms with E-state index in [1.54, 1.807) is 23.7 Å². The molecule has 0 spiro atoms. The lowest BCUT2D eigenvalue weighted by Crippen LogP contribution is -2.40. The Morgan fingerprint density at radius 2 is 2.24 bits per heavy atom. The highest BCUT2D eigenvalue weighted by molar-refractivity contribution is 7.98. The van der Waals surface area contributed by atoms with Gasteiger partial charge in [-0.15, -0.1) is 0 Å². The van der Waals surface area contributed by atoms with Crippen molar-refractivity contribution in [3.63, 3.8) is 0 Å². The van der Waals surface area contributed by atoms with Crippen LogP contribution >= 0.6 is 11.8 Å². The molecule has 1 atom stereocenters. The highest BCUT2D eigenvalue weighted by Gasteiger charge is 2.25. The number of nitrogens with two attached hydrogens (primary N) is 1. The molecular formula is C11H23N3O2S. The number of rotatable bonds is 8. The van der Waals surface area contributed by atoms with E-state index in [4.69, 9.17) is 10.9 Å². The summed E-state index contributed by atoms with van der Waals surface area (Å²) in [6.07, 6.45) is 4.43. The minimum atomic E-state index is -0.496. The minimum absolute atomic E-state index is 0.00793. The van der Waals surface area contributed by atoms with E-state index in [9.17, 15) is 4.79 Å². The maximum Gasteiger partial charge on any atom is 0.233 e. The Kier molecular flexibility index (Phi) is 8.66. The number of hydrogen-bond acceptors (Lipinski definition) is 4. The van der Waals surface area contributed by atoms with Gasteiger partial charge in [0.15, 0.2) is 5.84 Å². The summed E-state index contributed by atoms with van der Waals surface area (Å²) < 4.78 is 0. The van der Waals surface area contributed by atoms with Gasteiger partial charge in [-0.1, -0.05) is 18.5 Å². The number of carbonyl (C=O) groups excluding carboxylic acids is 1. The topological polar surface area (TPSA) is 78.9 Å². The van der Waals surface area contributed by atoms with Gasteiger partial charge < -0.3 is 15.8 Å². The summed E-state index contributed by atoms with van der Waals surface area (Å²) in [6.45, 7) is 2.68. The summed E-state index contributed by atoms with van der Waals surface area (Å²) in [5, 5.41) is 11.6. The maximum atomic E-state index is 12.1. The second-order valence-corrected chi connectivity index (χ2v) is 4.96. The minimum Gasteiger partial charge on any atom is -0.409 e. The second-order valence-electron chi connectivity index (χ2n) is 3.97. The van der Waals surface area contributed by atoms with E-state index >= 15 is 0 Å². The first-order valence-corrected chi connectivity index (χ1v) is 7.19. The number of amidine groups is 1. The monoisotopic (exact) mass is 261 g/mol. The molecule has 0 rings (SSSR count). The van der Waals surface area contributed by atoms with Crippen molar-refractivity contribution < 1.29 is 10.0 Å². The molecule has 0 aliphatic rings. The number of thioether (sulfide) groups is 1. The van der Waals surface area contributed by atoms with Crippen molar-refractivity contribution in [2.75, 3.05) is 25.6 Å². The van der Waals surface area contributed by atoms with Crippen LogP contribution in [0.15, 0.2) is 5.16 Å². The first kappa shape index (κ1) is 16.1. The molecule has 0 aliphatic heterocycles. The number of oxime groups is 1. The number of hydrogen-bond donors (Lipinski definition) is 2. The highest BCUT2D eigenvalue weighted by atomic mass is 32.2. The Hall–Kier alpha value is -0.910. The van der Waals surface area contributed by atoms with Crippen LogP contribution in [0.1, 0.15) is 26.2 Å². The smallest absolute Gasteiger partial charge is 0.233 e. The third kappa shape index (κ3) is 5.81. The SMILES string of the molecule is CCCC(C(=O)N(C)CCCSC)C(N)=NO. The molecule has 0 saturated carbocycles. The van der Waals surface area contributed by atoms with Crippen molar-refractivity contribution in [3.8, 4) is 0 Å². The van der Waals surface area contributed by atoms with Crippen LogP contribution in [-0.4, -0.2) is 47.5 Å². The average Bonchev–Trinajstić information content (AvgIpc) is 2.34. The molecule has 0 bridgehead atoms. The van der Waals surface area contributed by atoms with Crippen LogP contribution in [0.2, 0.25) is 0 Å². The predicted molar refractivity (Wildman–Crippen MR) is 72.4 cm³/mol. The van der Waals surface area contributed by atoms with E-state index in [0.29, 0.717) is 13.0 Å². The zero-order valence-corrected chi connectivity index (χ0v) is 11.7. The summed E-state index contributed by atoms with van der Waals surface area (Å²) in [4.78, 5) is 13.7. The van der Waals surface area contributed by atoms with Crippen LogP contribution in [0.3, 0.4) is 0 Å². The Bertz CT molecular complexity index is 259. The molecule has 0 radical (unpaired) electrons. The largest absolute Gasteiger partial charge is 0.409 e. The third-order valence-corrected chi connectivity index (χ3v) is 3.26. The van der Waals surface area contributed by atoms with Gasteiger partial charge in [-0.05, 0) is 24.9 Å². The maximum absolute atomic E-state index is 12.1. The van der Waals surface area contributed by atoms with Gasteiger partial charge in [-0.25, -0.2) is 0 Å². The average molecular weight is 261 g/mol. The van der Waals surface area contributed by atoms with E-state index in [0.717, 1.165) is 18.6 Å². The number of amides is 1. The molecule has 0 aliphatic carbocycles. The van der Waals surface area contributed by atoms with E-state index in [2.05, 4.69) is 5.16 Å². The standard InChI is InChI=1S/C11H23N3O2S/c1-4-6-9(10(12)13-16)11(15)14(2)7-5-8-17-3/h9,16H,4-8H2,1-3H3,(H2,12,13). The van der Waals surface area contributed by atoms with Crippen LogP contribution < -0.4 is 5.73 Å². The summed E-state index contributed by atoms with van der Waals surface area (Å²) in [5.74, 6) is 0.473. The van der Waals surface area contributed by atoms with Gasteiger partial charge in [0.25, 0.3) is 0 Å². The Morgan fingerprint density at radius 3 is 2.71 bits per heavy atom. The summed E-state index contributed by atoms with van der Waals surface area (Å²) in [6, 6.07) is 0. The van der Waals surface area contributed by atoms with Crippen molar-refractivity contribution in [3.05, 3.63) is 0 Å². The lowest BCUT2D eigenvalue weighted by Gasteiger charge is -2.22. The van der Waals surface area contributed by atoms with Crippen molar-refractivity contribution >= 4 is 23.5 Å². The molecule has 100 valence electrons. The third-order valence-electron chi connectivity index (χ3n) is 2.57. The molecule has 17 heavy (non-hydrogen) atoms. The van der Waals surface area contributed by atoms with Gasteiger partial charge in [0.2, 0.25) is 5.91 Å². The summed E-state index contributed by atoms with van der Waals surface area (Å²) >= 11 is 1.76. The fourth-order valence-corrected chi connectivity index (χ4v) is 2.00. The normalized spacial score (nSPS) is 13.5. The molecule has 0 heterocycles. The van der Waals surface area contributed by atoms with Crippen LogP contribution in [0.4, 0.5) is 0 Å². The highest BCUT2D eigenvalue weighted by Crippen LogP contribution is 2.11. The zero-order valence-electron chi connectivity index (χ0n) is 10.8. The Balaban J connectivity index is 4.39. The van der Waals surface area contributed by atoms with Crippen molar-refractivity contribution in [1.29, 1.82) is 0 Å². The van der Waals surface area contributed by atoms with E-state index in [-0.39, 0.29) is 11.7 Å². The van der Waals surface area contributed by atoms with E-state index in [1.807, 2.05) is 13.2 Å². The fourth-order valence-electron chi connectivity index (χ4n) is 1.58. The van der Waals surface area contributed by atoms with Crippen LogP contribution in [0.25, 0.3) is 0 Å². The summed E-state index contributed by atoms with van der Waals surface area (Å²) in [5.41, 5.74) is 5.55. The first-order chi connectivity index (χ1) is 8.08. The molecule has 0 aromatic heterocycles. The van der Waals surface area contributed by atoms with Crippen molar-refractivity contribution in [2.24, 2.45) is 16.8 Å². The lowest BCUT2D eigenvalue weighted by atomic mass is 10.0.